The van der Waals surface area contributed by atoms with E-state index < -0.39 is 0 Å². The Balaban J connectivity index is 1.32. The highest BCUT2D eigenvalue weighted by Gasteiger charge is 2.26. The molecule has 1 amide bonds. The van der Waals surface area contributed by atoms with Gasteiger partial charge in [-0.1, -0.05) is 0 Å². The van der Waals surface area contributed by atoms with Gasteiger partial charge < -0.3 is 14.8 Å². The summed E-state index contributed by atoms with van der Waals surface area (Å²) in [5, 5.41) is 7.29. The third-order valence-corrected chi connectivity index (χ3v) is 5.28. The summed E-state index contributed by atoms with van der Waals surface area (Å²) in [7, 11) is 0. The van der Waals surface area contributed by atoms with Gasteiger partial charge in [-0.05, 0) is 53.9 Å². The van der Waals surface area contributed by atoms with Gasteiger partial charge in [-0.15, -0.1) is 0 Å². The number of nitrogens with one attached hydrogen (secondary N) is 1. The van der Waals surface area contributed by atoms with Crippen LogP contribution in [0.2, 0.25) is 0 Å². The molecule has 2 aliphatic rings. The fourth-order valence-corrected chi connectivity index (χ4v) is 4.09. The summed E-state index contributed by atoms with van der Waals surface area (Å²) in [6.07, 6.45) is 2.87. The fraction of sp³-hybridized carbons (Fsp3) is 0.389. The lowest BCUT2D eigenvalue weighted by molar-refractivity contribution is -0.116. The summed E-state index contributed by atoms with van der Waals surface area (Å²) in [6.45, 7) is 2.10. The lowest BCUT2D eigenvalue weighted by Crippen LogP contribution is -2.27. The van der Waals surface area contributed by atoms with Gasteiger partial charge in [0, 0.05) is 30.8 Å². The van der Waals surface area contributed by atoms with Crippen LogP contribution in [0, 0.1) is 0 Å². The molecule has 1 fully saturated rings. The van der Waals surface area contributed by atoms with E-state index in [0.717, 1.165) is 24.5 Å². The van der Waals surface area contributed by atoms with Gasteiger partial charge in [0.1, 0.15) is 0 Å². The van der Waals surface area contributed by atoms with E-state index in [-0.39, 0.29) is 12.7 Å². The summed E-state index contributed by atoms with van der Waals surface area (Å²) in [5.41, 5.74) is 2.13. The summed E-state index contributed by atoms with van der Waals surface area (Å²) < 4.78 is 10.6. The topological polar surface area (TPSA) is 50.8 Å². The first-order chi connectivity index (χ1) is 11.8. The number of amides is 1. The Hall–Kier alpha value is -2.05. The number of benzene rings is 1. The molecule has 1 aromatic carbocycles. The molecular weight excluding hydrogens is 324 g/mol. The molecule has 0 aliphatic carbocycles. The number of carbonyl (C=O) groups is 1. The quantitative estimate of drug-likeness (QED) is 0.900. The summed E-state index contributed by atoms with van der Waals surface area (Å²) in [4.78, 5) is 14.7. The van der Waals surface area contributed by atoms with Crippen molar-refractivity contribution in [1.29, 1.82) is 0 Å². The largest absolute Gasteiger partial charge is 0.454 e. The van der Waals surface area contributed by atoms with E-state index >= 15 is 0 Å². The van der Waals surface area contributed by atoms with Crippen molar-refractivity contribution in [1.82, 2.24) is 4.90 Å². The van der Waals surface area contributed by atoms with Gasteiger partial charge in [0.05, 0.1) is 0 Å². The first-order valence-electron chi connectivity index (χ1n) is 8.25. The third-order valence-electron chi connectivity index (χ3n) is 4.57. The Morgan fingerprint density at radius 1 is 1.29 bits per heavy atom. The van der Waals surface area contributed by atoms with Crippen LogP contribution in [0.1, 0.15) is 30.9 Å². The number of anilines is 1. The lowest BCUT2D eigenvalue weighted by Gasteiger charge is -2.23. The van der Waals surface area contributed by atoms with Crippen LogP contribution in [0.15, 0.2) is 35.0 Å². The predicted octanol–water partition coefficient (Wildman–Crippen LogP) is 3.64. The van der Waals surface area contributed by atoms with Crippen molar-refractivity contribution in [3.63, 3.8) is 0 Å². The normalized spacial score (nSPS) is 19.6. The van der Waals surface area contributed by atoms with Crippen molar-refractivity contribution in [3.05, 3.63) is 40.6 Å². The molecule has 0 saturated carbocycles. The second kappa shape index (κ2) is 6.83. The maximum absolute atomic E-state index is 12.3. The number of nitrogens with zero attached hydrogens (tertiary/aromatic N) is 1. The third kappa shape index (κ3) is 3.25. The molecule has 1 N–H and O–H groups in total. The number of hydrogen-bond acceptors (Lipinski definition) is 5. The lowest BCUT2D eigenvalue weighted by atomic mass is 10.1. The Kier molecular flexibility index (Phi) is 4.40. The van der Waals surface area contributed by atoms with Crippen molar-refractivity contribution < 1.29 is 14.3 Å². The van der Waals surface area contributed by atoms with E-state index in [1.165, 1.54) is 18.4 Å². The minimum absolute atomic E-state index is 0.0323. The van der Waals surface area contributed by atoms with Crippen LogP contribution in [0.3, 0.4) is 0 Å². The zero-order valence-corrected chi connectivity index (χ0v) is 14.2. The van der Waals surface area contributed by atoms with E-state index in [9.17, 15) is 4.79 Å². The summed E-state index contributed by atoms with van der Waals surface area (Å²) in [5.74, 6) is 1.44. The highest BCUT2D eigenvalue weighted by atomic mass is 32.1. The molecule has 2 aliphatic heterocycles. The van der Waals surface area contributed by atoms with Gasteiger partial charge in [-0.3, -0.25) is 9.69 Å². The van der Waals surface area contributed by atoms with Crippen LogP contribution in [0.5, 0.6) is 11.5 Å². The SMILES string of the molecule is O=C(CCN1CCC[C@H]1c1ccsc1)Nc1ccc2c(c1)OCO2. The zero-order valence-electron chi connectivity index (χ0n) is 13.4. The van der Waals surface area contributed by atoms with Crippen molar-refractivity contribution in [2.45, 2.75) is 25.3 Å². The summed E-state index contributed by atoms with van der Waals surface area (Å²) >= 11 is 1.74. The van der Waals surface area contributed by atoms with Crippen LogP contribution in [-0.2, 0) is 4.79 Å². The predicted molar refractivity (Wildman–Crippen MR) is 93.7 cm³/mol. The summed E-state index contributed by atoms with van der Waals surface area (Å²) in [6, 6.07) is 8.14. The molecule has 1 atom stereocenters. The molecule has 6 heteroatoms. The zero-order chi connectivity index (χ0) is 16.4. The first-order valence-corrected chi connectivity index (χ1v) is 9.19. The molecule has 2 aromatic rings. The van der Waals surface area contributed by atoms with E-state index in [4.69, 9.17) is 9.47 Å². The van der Waals surface area contributed by atoms with Crippen LogP contribution >= 0.6 is 11.3 Å². The van der Waals surface area contributed by atoms with Gasteiger partial charge in [0.15, 0.2) is 11.5 Å². The standard InChI is InChI=1S/C18H20N2O3S/c21-18(19-14-3-4-16-17(10-14)23-12-22-16)5-8-20-7-1-2-15(20)13-6-9-24-11-13/h3-4,6,9-11,15H,1-2,5,7-8,12H2,(H,19,21)/t15-/m0/s1. The molecule has 1 aromatic heterocycles. The molecule has 5 nitrogen and oxygen atoms in total. The van der Waals surface area contributed by atoms with Gasteiger partial charge in [0.25, 0.3) is 0 Å². The van der Waals surface area contributed by atoms with Crippen LogP contribution in [0.4, 0.5) is 5.69 Å². The maximum atomic E-state index is 12.3. The average molecular weight is 344 g/mol. The molecule has 126 valence electrons. The van der Waals surface area contributed by atoms with Crippen LogP contribution < -0.4 is 14.8 Å². The second-order valence-electron chi connectivity index (χ2n) is 6.12. The van der Waals surface area contributed by atoms with Crippen molar-refractivity contribution in [3.8, 4) is 11.5 Å². The van der Waals surface area contributed by atoms with Gasteiger partial charge in [-0.2, -0.15) is 11.3 Å². The molecule has 0 spiro atoms. The first kappa shape index (κ1) is 15.5. The Bertz CT molecular complexity index is 717. The minimum Gasteiger partial charge on any atom is -0.454 e. The molecule has 24 heavy (non-hydrogen) atoms. The molecule has 1 saturated heterocycles. The number of likely N-dealkylation sites (tertiary alicyclic amines) is 1. The molecule has 0 bridgehead atoms. The number of thiophene rings is 1. The smallest absolute Gasteiger partial charge is 0.231 e. The number of hydrogen-bond donors (Lipinski definition) is 1. The fourth-order valence-electron chi connectivity index (χ4n) is 3.38. The van der Waals surface area contributed by atoms with Crippen molar-refractivity contribution in [2.24, 2.45) is 0 Å². The number of rotatable bonds is 5. The number of ether oxygens (including phenoxy) is 2. The van der Waals surface area contributed by atoms with Crippen molar-refractivity contribution >= 4 is 22.9 Å². The molecule has 3 heterocycles. The highest BCUT2D eigenvalue weighted by Crippen LogP contribution is 2.35. The highest BCUT2D eigenvalue weighted by molar-refractivity contribution is 7.07. The molecular formula is C18H20N2O3S. The van der Waals surface area contributed by atoms with Crippen molar-refractivity contribution in [2.75, 3.05) is 25.2 Å². The van der Waals surface area contributed by atoms with E-state index in [2.05, 4.69) is 27.0 Å². The monoisotopic (exact) mass is 344 g/mol. The van der Waals surface area contributed by atoms with Gasteiger partial charge in [-0.25, -0.2) is 0 Å². The Morgan fingerprint density at radius 3 is 3.08 bits per heavy atom. The van der Waals surface area contributed by atoms with Gasteiger partial charge in [0.2, 0.25) is 12.7 Å². The molecule has 0 radical (unpaired) electrons. The molecule has 4 rings (SSSR count). The van der Waals surface area contributed by atoms with E-state index in [1.807, 2.05) is 18.2 Å². The van der Waals surface area contributed by atoms with Crippen LogP contribution in [0.25, 0.3) is 0 Å². The van der Waals surface area contributed by atoms with E-state index in [0.29, 0.717) is 18.2 Å². The number of carbonyl (C=O) groups excluding carboxylic acids is 1. The second-order valence-corrected chi connectivity index (χ2v) is 6.90. The molecule has 0 unspecified atom stereocenters. The number of fused-ring (bicyclic) bond motifs is 1. The van der Waals surface area contributed by atoms with E-state index in [1.54, 1.807) is 11.3 Å². The minimum atomic E-state index is 0.0323. The maximum Gasteiger partial charge on any atom is 0.231 e. The van der Waals surface area contributed by atoms with Crippen LogP contribution in [-0.4, -0.2) is 30.7 Å². The average Bonchev–Trinajstić information content (AvgIpc) is 3.32. The Labute approximate surface area is 145 Å². The van der Waals surface area contributed by atoms with Gasteiger partial charge >= 0.3 is 0 Å². The Morgan fingerprint density at radius 2 is 2.21 bits per heavy atom.